The summed E-state index contributed by atoms with van der Waals surface area (Å²) >= 11 is 6.04. The highest BCUT2D eigenvalue weighted by Gasteiger charge is 2.33. The Kier molecular flexibility index (Phi) is 17.9. The molecule has 0 heterocycles. The zero-order valence-corrected chi connectivity index (χ0v) is 26.4. The highest BCUT2D eigenvalue weighted by molar-refractivity contribution is 7.89. The number of hydrogen-bond donors (Lipinski definition) is 2. The van der Waals surface area contributed by atoms with Crippen LogP contribution in [0.3, 0.4) is 0 Å². The standard InChI is InChI=1S/C31H53ClN2O4S/c1-5-6-7-8-9-10-11-12-13-14-15-16-17-18-19-20-24-33-39(37,38)27-23-21-22-26(25-27)34-30(36)28(32)29(35)31(2,3)4/h21-23,25,28,33H,5-20,24H2,1-4H3,(H,34,36). The number of Topliss-reactive ketones (excluding diaryl/α,β-unsaturated/α-hetero) is 1. The van der Waals surface area contributed by atoms with Crippen LogP contribution in [-0.2, 0) is 19.6 Å². The third-order valence-electron chi connectivity index (χ3n) is 6.93. The monoisotopic (exact) mass is 584 g/mol. The number of amides is 1. The number of anilines is 1. The van der Waals surface area contributed by atoms with Crippen molar-refractivity contribution in [1.82, 2.24) is 4.72 Å². The van der Waals surface area contributed by atoms with E-state index in [-0.39, 0.29) is 10.6 Å². The van der Waals surface area contributed by atoms with Gasteiger partial charge in [-0.3, -0.25) is 9.59 Å². The van der Waals surface area contributed by atoms with Crippen molar-refractivity contribution in [3.8, 4) is 0 Å². The summed E-state index contributed by atoms with van der Waals surface area (Å²) in [5.41, 5.74) is -0.483. The van der Waals surface area contributed by atoms with E-state index in [1.165, 1.54) is 95.6 Å². The second-order valence-electron chi connectivity index (χ2n) is 11.7. The molecule has 1 aromatic carbocycles. The van der Waals surface area contributed by atoms with Gasteiger partial charge in [0.25, 0.3) is 0 Å². The summed E-state index contributed by atoms with van der Waals surface area (Å²) in [7, 11) is -3.70. The van der Waals surface area contributed by atoms with Gasteiger partial charge in [0, 0.05) is 17.6 Å². The molecule has 0 saturated carbocycles. The fourth-order valence-corrected chi connectivity index (χ4v) is 5.91. The molecule has 0 aliphatic heterocycles. The number of nitrogens with one attached hydrogen (secondary N) is 2. The van der Waals surface area contributed by atoms with Crippen LogP contribution in [0.25, 0.3) is 0 Å². The fourth-order valence-electron chi connectivity index (χ4n) is 4.41. The van der Waals surface area contributed by atoms with Crippen LogP contribution in [0.2, 0.25) is 0 Å². The summed E-state index contributed by atoms with van der Waals surface area (Å²) in [6.07, 6.45) is 20.4. The maximum absolute atomic E-state index is 12.7. The minimum absolute atomic E-state index is 0.0602. The summed E-state index contributed by atoms with van der Waals surface area (Å²) in [5.74, 6) is -1.07. The van der Waals surface area contributed by atoms with E-state index in [1.807, 2.05) is 0 Å². The molecule has 0 aliphatic carbocycles. The number of halogens is 1. The molecule has 0 fully saturated rings. The SMILES string of the molecule is CCCCCCCCCCCCCCCCCCNS(=O)(=O)c1cccc(NC(=O)C(Cl)C(=O)C(C)(C)C)c1. The summed E-state index contributed by atoms with van der Waals surface area (Å²) in [5, 5.41) is 1.20. The largest absolute Gasteiger partial charge is 0.324 e. The number of hydrogen-bond acceptors (Lipinski definition) is 4. The molecule has 1 unspecified atom stereocenters. The Morgan fingerprint density at radius 2 is 1.26 bits per heavy atom. The van der Waals surface area contributed by atoms with E-state index < -0.39 is 32.5 Å². The predicted molar refractivity (Wildman–Crippen MR) is 164 cm³/mol. The lowest BCUT2D eigenvalue weighted by molar-refractivity contribution is -0.130. The predicted octanol–water partition coefficient (Wildman–Crippen LogP) is 8.39. The Morgan fingerprint density at radius 3 is 1.72 bits per heavy atom. The lowest BCUT2D eigenvalue weighted by Gasteiger charge is -2.20. The van der Waals surface area contributed by atoms with Gasteiger partial charge >= 0.3 is 0 Å². The molecule has 0 saturated heterocycles. The van der Waals surface area contributed by atoms with Gasteiger partial charge in [0.1, 0.15) is 0 Å². The van der Waals surface area contributed by atoms with Crippen LogP contribution in [0.15, 0.2) is 29.2 Å². The van der Waals surface area contributed by atoms with Crippen LogP contribution in [0, 0.1) is 5.41 Å². The van der Waals surface area contributed by atoms with E-state index in [0.717, 1.165) is 19.3 Å². The Hall–Kier alpha value is -1.44. The van der Waals surface area contributed by atoms with E-state index in [1.54, 1.807) is 32.9 Å². The van der Waals surface area contributed by atoms with Gasteiger partial charge in [-0.15, -0.1) is 11.6 Å². The van der Waals surface area contributed by atoms with Crippen molar-refractivity contribution in [3.05, 3.63) is 24.3 Å². The van der Waals surface area contributed by atoms with Crippen molar-refractivity contribution in [1.29, 1.82) is 0 Å². The van der Waals surface area contributed by atoms with E-state index in [4.69, 9.17) is 11.6 Å². The fraction of sp³-hybridized carbons (Fsp3) is 0.742. The van der Waals surface area contributed by atoms with Gasteiger partial charge in [-0.2, -0.15) is 0 Å². The normalized spacial score (nSPS) is 12.8. The Labute approximate surface area is 243 Å². The Bertz CT molecular complexity index is 944. The van der Waals surface area contributed by atoms with Gasteiger partial charge in [-0.05, 0) is 24.6 Å². The van der Waals surface area contributed by atoms with Gasteiger partial charge in [0.05, 0.1) is 4.90 Å². The van der Waals surface area contributed by atoms with Crippen molar-refractivity contribution in [2.24, 2.45) is 5.41 Å². The van der Waals surface area contributed by atoms with Gasteiger partial charge in [-0.25, -0.2) is 13.1 Å². The zero-order valence-electron chi connectivity index (χ0n) is 24.8. The van der Waals surface area contributed by atoms with Crippen molar-refractivity contribution >= 4 is 39.0 Å². The molecule has 1 amide bonds. The number of alkyl halides is 1. The molecule has 0 radical (unpaired) electrons. The molecule has 1 aromatic rings. The molecule has 0 aromatic heterocycles. The number of sulfonamides is 1. The Balaban J connectivity index is 2.20. The molecule has 8 heteroatoms. The minimum atomic E-state index is -3.70. The van der Waals surface area contributed by atoms with Crippen LogP contribution in [0.5, 0.6) is 0 Å². The summed E-state index contributed by atoms with van der Waals surface area (Å²) in [4.78, 5) is 24.7. The van der Waals surface area contributed by atoms with Gasteiger partial charge in [0.15, 0.2) is 11.2 Å². The first kappa shape index (κ1) is 35.6. The molecule has 6 nitrogen and oxygen atoms in total. The molecule has 1 rings (SSSR count). The molecule has 0 spiro atoms. The van der Waals surface area contributed by atoms with E-state index in [9.17, 15) is 18.0 Å². The van der Waals surface area contributed by atoms with Crippen molar-refractivity contribution in [2.45, 2.75) is 141 Å². The molecular weight excluding hydrogens is 532 g/mol. The van der Waals surface area contributed by atoms with E-state index in [0.29, 0.717) is 6.54 Å². The summed E-state index contributed by atoms with van der Waals surface area (Å²) in [6.45, 7) is 7.71. The smallest absolute Gasteiger partial charge is 0.250 e. The average molecular weight is 585 g/mol. The third kappa shape index (κ3) is 15.8. The lowest BCUT2D eigenvalue weighted by atomic mass is 9.88. The first-order chi connectivity index (χ1) is 18.5. The van der Waals surface area contributed by atoms with Crippen molar-refractivity contribution in [2.75, 3.05) is 11.9 Å². The second kappa shape index (κ2) is 19.6. The molecule has 1 atom stereocenters. The van der Waals surface area contributed by atoms with Crippen molar-refractivity contribution < 1.29 is 18.0 Å². The van der Waals surface area contributed by atoms with Gasteiger partial charge in [-0.1, -0.05) is 130 Å². The first-order valence-corrected chi connectivity index (χ1v) is 17.0. The van der Waals surface area contributed by atoms with Crippen LogP contribution >= 0.6 is 11.6 Å². The van der Waals surface area contributed by atoms with Crippen LogP contribution < -0.4 is 10.0 Å². The zero-order chi connectivity index (χ0) is 29.2. The van der Waals surface area contributed by atoms with Gasteiger partial charge in [0.2, 0.25) is 15.9 Å². The molecular formula is C31H53ClN2O4S. The molecule has 224 valence electrons. The lowest BCUT2D eigenvalue weighted by Crippen LogP contribution is -2.37. The Morgan fingerprint density at radius 1 is 0.795 bits per heavy atom. The van der Waals surface area contributed by atoms with Gasteiger partial charge < -0.3 is 5.32 Å². The van der Waals surface area contributed by atoms with E-state index >= 15 is 0 Å². The maximum Gasteiger partial charge on any atom is 0.250 e. The quantitative estimate of drug-likeness (QED) is 0.0813. The van der Waals surface area contributed by atoms with Crippen LogP contribution in [-0.4, -0.2) is 32.0 Å². The van der Waals surface area contributed by atoms with Crippen molar-refractivity contribution in [3.63, 3.8) is 0 Å². The highest BCUT2D eigenvalue weighted by atomic mass is 35.5. The van der Waals surface area contributed by atoms with Crippen LogP contribution in [0.4, 0.5) is 5.69 Å². The molecule has 0 bridgehead atoms. The molecule has 0 aliphatic rings. The highest BCUT2D eigenvalue weighted by Crippen LogP contribution is 2.22. The average Bonchev–Trinajstić information content (AvgIpc) is 2.89. The topological polar surface area (TPSA) is 92.3 Å². The van der Waals surface area contributed by atoms with Crippen LogP contribution in [0.1, 0.15) is 130 Å². The minimum Gasteiger partial charge on any atom is -0.324 e. The summed E-state index contributed by atoms with van der Waals surface area (Å²) in [6, 6.07) is 5.97. The molecule has 2 N–H and O–H groups in total. The first-order valence-electron chi connectivity index (χ1n) is 15.1. The third-order valence-corrected chi connectivity index (χ3v) is 8.79. The summed E-state index contributed by atoms with van der Waals surface area (Å²) < 4.78 is 28.0. The number of carbonyl (C=O) groups excluding carboxylic acids is 2. The number of unbranched alkanes of at least 4 members (excludes halogenated alkanes) is 15. The number of carbonyl (C=O) groups is 2. The number of benzene rings is 1. The second-order valence-corrected chi connectivity index (χ2v) is 13.9. The number of rotatable bonds is 22. The molecule has 39 heavy (non-hydrogen) atoms. The number of ketones is 1. The maximum atomic E-state index is 12.7. The van der Waals surface area contributed by atoms with E-state index in [2.05, 4.69) is 17.0 Å².